The third kappa shape index (κ3) is 5.42. The summed E-state index contributed by atoms with van der Waals surface area (Å²) in [6.45, 7) is 0.380. The molecule has 11 atom stereocenters. The first kappa shape index (κ1) is 25.7. The Morgan fingerprint density at radius 2 is 1.57 bits per heavy atom. The van der Waals surface area contributed by atoms with E-state index in [1.165, 1.54) is 7.11 Å². The number of hydrogen-bond donors (Lipinski definition) is 7. The molecule has 12 nitrogen and oxygen atoms in total. The number of carboxylic acid groups (broad SMARTS) is 1. The molecule has 2 heterocycles. The molecule has 13 heteroatoms. The average Bonchev–Trinajstić information content (AvgIpc) is 2.73. The van der Waals surface area contributed by atoms with Crippen LogP contribution in [0.15, 0.2) is 0 Å². The fraction of sp³-hybridized carbons (Fsp3) is 0.941. The molecular weight excluding hydrogens is 428 g/mol. The first-order valence-electron chi connectivity index (χ1n) is 9.51. The molecule has 0 aromatic carbocycles. The quantitative estimate of drug-likeness (QED) is 0.183. The van der Waals surface area contributed by atoms with E-state index in [2.05, 4.69) is 0 Å². The maximum absolute atomic E-state index is 11.4. The molecule has 0 radical (unpaired) electrons. The topological polar surface area (TPSA) is 196 Å². The van der Waals surface area contributed by atoms with Crippen LogP contribution in [-0.4, -0.2) is 128 Å². The molecule has 0 aromatic rings. The summed E-state index contributed by atoms with van der Waals surface area (Å²) in [4.78, 5) is 11.4. The van der Waals surface area contributed by atoms with Crippen LogP contribution in [0.25, 0.3) is 0 Å². The van der Waals surface area contributed by atoms with Crippen molar-refractivity contribution in [1.29, 1.82) is 0 Å². The van der Waals surface area contributed by atoms with Crippen molar-refractivity contribution in [1.82, 2.24) is 0 Å². The number of thioether (sulfide) groups is 1. The molecule has 30 heavy (non-hydrogen) atoms. The van der Waals surface area contributed by atoms with Gasteiger partial charge in [0.05, 0.1) is 24.6 Å². The number of hydrogen-bond acceptors (Lipinski definition) is 12. The van der Waals surface area contributed by atoms with E-state index in [1.807, 2.05) is 0 Å². The predicted molar refractivity (Wildman–Crippen MR) is 100 cm³/mol. The summed E-state index contributed by atoms with van der Waals surface area (Å²) >= 11 is 0.804. The van der Waals surface area contributed by atoms with Crippen LogP contribution in [0.3, 0.4) is 0 Å². The van der Waals surface area contributed by atoms with E-state index >= 15 is 0 Å². The molecule has 0 aromatic heterocycles. The molecule has 2 rings (SSSR count). The van der Waals surface area contributed by atoms with E-state index in [4.69, 9.17) is 18.9 Å². The Morgan fingerprint density at radius 3 is 2.07 bits per heavy atom. The van der Waals surface area contributed by atoms with Gasteiger partial charge in [-0.1, -0.05) is 6.92 Å². The second-order valence-corrected chi connectivity index (χ2v) is 8.47. The Bertz CT molecular complexity index is 551. The number of carboxylic acids is 1. The van der Waals surface area contributed by atoms with Crippen LogP contribution >= 0.6 is 11.8 Å². The predicted octanol–water partition coefficient (Wildman–Crippen LogP) is -3.14. The van der Waals surface area contributed by atoms with Crippen molar-refractivity contribution in [2.75, 3.05) is 20.3 Å². The highest BCUT2D eigenvalue weighted by atomic mass is 32.2. The number of ether oxygens (including phenoxy) is 4. The summed E-state index contributed by atoms with van der Waals surface area (Å²) in [5, 5.41) is 68.0. The van der Waals surface area contributed by atoms with Gasteiger partial charge in [-0.2, -0.15) is 0 Å². The Morgan fingerprint density at radius 1 is 0.967 bits per heavy atom. The van der Waals surface area contributed by atoms with Gasteiger partial charge in [-0.15, -0.1) is 11.8 Å². The molecule has 2 fully saturated rings. The lowest BCUT2D eigenvalue weighted by atomic mass is 9.98. The lowest BCUT2D eigenvalue weighted by molar-refractivity contribution is -0.345. The fourth-order valence-corrected chi connectivity index (χ4v) is 4.73. The van der Waals surface area contributed by atoms with Crippen molar-refractivity contribution in [3.05, 3.63) is 0 Å². The summed E-state index contributed by atoms with van der Waals surface area (Å²) in [6, 6.07) is 0. The van der Waals surface area contributed by atoms with Crippen LogP contribution in [0.5, 0.6) is 0 Å². The summed E-state index contributed by atoms with van der Waals surface area (Å²) < 4.78 is 21.3. The molecule has 7 N–H and O–H groups in total. The molecule has 0 bridgehead atoms. The van der Waals surface area contributed by atoms with E-state index in [0.29, 0.717) is 0 Å². The van der Waals surface area contributed by atoms with Gasteiger partial charge in [-0.25, -0.2) is 0 Å². The van der Waals surface area contributed by atoms with Crippen LogP contribution in [0.4, 0.5) is 0 Å². The zero-order valence-electron chi connectivity index (χ0n) is 16.6. The van der Waals surface area contributed by atoms with Crippen molar-refractivity contribution in [2.24, 2.45) is 0 Å². The summed E-state index contributed by atoms with van der Waals surface area (Å²) in [6.07, 6.45) is -12.3. The van der Waals surface area contributed by atoms with Gasteiger partial charge in [0.1, 0.15) is 41.9 Å². The first-order valence-corrected chi connectivity index (χ1v) is 10.5. The summed E-state index contributed by atoms with van der Waals surface area (Å²) in [5.41, 5.74) is 0. The summed E-state index contributed by atoms with van der Waals surface area (Å²) in [7, 11) is 1.24. The number of aliphatic hydroxyl groups is 6. The van der Waals surface area contributed by atoms with Gasteiger partial charge in [-0.3, -0.25) is 4.79 Å². The molecule has 0 amide bonds. The Hall–Kier alpha value is -0.580. The maximum atomic E-state index is 11.4. The third-order valence-corrected chi connectivity index (χ3v) is 6.87. The van der Waals surface area contributed by atoms with Crippen LogP contribution in [0.2, 0.25) is 0 Å². The Balaban J connectivity index is 2.21. The van der Waals surface area contributed by atoms with Crippen LogP contribution in [-0.2, 0) is 23.7 Å². The standard InChI is InChI=1S/C17H30O12S/c1-3-8(15(24)25)30-14-9(20)6(4-18)27-17(12(14)23)29-13-7(5-19)28-16(26-2)11(22)10(13)21/h6-14,16-23H,3-5H2,1-2H3,(H,24,25)/t6-,7-,8?,9+,10-,11-,12-,13-,14+,16-,17+/m1/s1. The smallest absolute Gasteiger partial charge is 0.316 e. The molecular formula is C17H30O12S. The van der Waals surface area contributed by atoms with E-state index in [1.54, 1.807) is 6.92 Å². The van der Waals surface area contributed by atoms with E-state index < -0.39 is 85.0 Å². The van der Waals surface area contributed by atoms with Crippen molar-refractivity contribution >= 4 is 17.7 Å². The number of aliphatic hydroxyl groups excluding tert-OH is 6. The largest absolute Gasteiger partial charge is 0.480 e. The van der Waals surface area contributed by atoms with E-state index in [9.17, 15) is 40.5 Å². The molecule has 0 aliphatic carbocycles. The zero-order chi connectivity index (χ0) is 22.6. The second-order valence-electron chi connectivity index (χ2n) is 7.09. The van der Waals surface area contributed by atoms with Crippen LogP contribution in [0, 0.1) is 0 Å². The monoisotopic (exact) mass is 458 g/mol. The maximum Gasteiger partial charge on any atom is 0.316 e. The molecule has 0 saturated carbocycles. The van der Waals surface area contributed by atoms with Crippen LogP contribution in [0.1, 0.15) is 13.3 Å². The fourth-order valence-electron chi connectivity index (χ4n) is 3.42. The summed E-state index contributed by atoms with van der Waals surface area (Å²) in [5.74, 6) is -1.13. The SMILES string of the molecule is CCC(S[C@H]1[C@@H](O)[C@@H](CO)O[C@@H](O[C@H]2[C@H](O)[C@@H](O)[C@H](OC)O[C@@H]2CO)[C@@H]1O)C(=O)O. The second kappa shape index (κ2) is 11.3. The molecule has 2 aliphatic heterocycles. The lowest BCUT2D eigenvalue weighted by Gasteiger charge is -2.46. The third-order valence-electron chi connectivity index (χ3n) is 5.13. The first-order chi connectivity index (χ1) is 14.2. The van der Waals surface area contributed by atoms with E-state index in [-0.39, 0.29) is 6.42 Å². The highest BCUT2D eigenvalue weighted by Crippen LogP contribution is 2.36. The molecule has 0 spiro atoms. The van der Waals surface area contributed by atoms with Gasteiger partial charge >= 0.3 is 5.97 Å². The highest BCUT2D eigenvalue weighted by Gasteiger charge is 2.51. The van der Waals surface area contributed by atoms with Crippen molar-refractivity contribution in [3.8, 4) is 0 Å². The van der Waals surface area contributed by atoms with Gasteiger partial charge in [0, 0.05) is 7.11 Å². The Labute approximate surface area is 177 Å². The number of methoxy groups -OCH3 is 1. The molecule has 1 unspecified atom stereocenters. The zero-order valence-corrected chi connectivity index (χ0v) is 17.4. The number of rotatable bonds is 9. The van der Waals surface area contributed by atoms with Crippen molar-refractivity contribution in [2.45, 2.75) is 79.2 Å². The van der Waals surface area contributed by atoms with Gasteiger partial charge in [-0.05, 0) is 6.42 Å². The highest BCUT2D eigenvalue weighted by molar-refractivity contribution is 8.01. The van der Waals surface area contributed by atoms with E-state index in [0.717, 1.165) is 11.8 Å². The lowest BCUT2D eigenvalue weighted by Crippen LogP contribution is -2.64. The van der Waals surface area contributed by atoms with Gasteiger partial charge < -0.3 is 54.7 Å². The minimum atomic E-state index is -1.58. The number of carbonyl (C=O) groups is 1. The normalized spacial score (nSPS) is 43.3. The molecule has 176 valence electrons. The van der Waals surface area contributed by atoms with Gasteiger partial charge in [0.25, 0.3) is 0 Å². The number of aliphatic carboxylic acids is 1. The minimum absolute atomic E-state index is 0.221. The molecule has 2 aliphatic rings. The van der Waals surface area contributed by atoms with Gasteiger partial charge in [0.2, 0.25) is 0 Å². The van der Waals surface area contributed by atoms with Gasteiger partial charge in [0.15, 0.2) is 12.6 Å². The Kier molecular flexibility index (Phi) is 9.70. The molecule has 2 saturated heterocycles. The van der Waals surface area contributed by atoms with Crippen molar-refractivity contribution in [3.63, 3.8) is 0 Å². The average molecular weight is 458 g/mol. The minimum Gasteiger partial charge on any atom is -0.480 e. The van der Waals surface area contributed by atoms with Crippen molar-refractivity contribution < 1.29 is 59.5 Å². The van der Waals surface area contributed by atoms with Crippen LogP contribution < -0.4 is 0 Å².